The van der Waals surface area contributed by atoms with Crippen LogP contribution >= 0.6 is 11.6 Å². The van der Waals surface area contributed by atoms with E-state index in [0.717, 1.165) is 0 Å². The molecule has 21 heavy (non-hydrogen) atoms. The van der Waals surface area contributed by atoms with Gasteiger partial charge in [-0.3, -0.25) is 4.68 Å². The summed E-state index contributed by atoms with van der Waals surface area (Å²) in [5, 5.41) is 13.5. The van der Waals surface area contributed by atoms with E-state index < -0.39 is 16.1 Å². The molecule has 0 aliphatic carbocycles. The molecule has 114 valence electrons. The van der Waals surface area contributed by atoms with Gasteiger partial charge in [0.25, 0.3) is 0 Å². The maximum Gasteiger partial charge on any atom is 0.246 e. The monoisotopic (exact) mass is 329 g/mol. The normalized spacial score (nSPS) is 13.3. The smallest absolute Gasteiger partial charge is 0.246 e. The molecule has 1 aromatic heterocycles. The Morgan fingerprint density at radius 2 is 2.00 bits per heavy atom. The van der Waals surface area contributed by atoms with Gasteiger partial charge in [-0.05, 0) is 12.5 Å². The Bertz CT molecular complexity index is 729. The first kappa shape index (κ1) is 16.0. The Morgan fingerprint density at radius 3 is 2.48 bits per heavy atom. The molecule has 0 fully saturated rings. The van der Waals surface area contributed by atoms with Crippen molar-refractivity contribution in [3.8, 4) is 0 Å². The Morgan fingerprint density at radius 1 is 1.38 bits per heavy atom. The minimum absolute atomic E-state index is 0.0322. The number of halogens is 1. The molecule has 0 bridgehead atoms. The number of sulfonamides is 1. The van der Waals surface area contributed by atoms with Gasteiger partial charge in [0.05, 0.1) is 18.3 Å². The van der Waals surface area contributed by atoms with Gasteiger partial charge in [0.15, 0.2) is 0 Å². The maximum atomic E-state index is 12.5. The van der Waals surface area contributed by atoms with Crippen LogP contribution in [0, 0.1) is 6.92 Å². The number of nitrogens with one attached hydrogen (secondary N) is 1. The van der Waals surface area contributed by atoms with E-state index in [0.29, 0.717) is 11.3 Å². The Kier molecular flexibility index (Phi) is 4.67. The number of aryl methyl sites for hydroxylation is 2. The Labute approximate surface area is 128 Å². The van der Waals surface area contributed by atoms with Gasteiger partial charge < -0.3 is 5.11 Å². The molecule has 0 spiro atoms. The van der Waals surface area contributed by atoms with Gasteiger partial charge in [0.1, 0.15) is 10.0 Å². The summed E-state index contributed by atoms with van der Waals surface area (Å²) in [6, 6.07) is 8.09. The van der Waals surface area contributed by atoms with E-state index >= 15 is 0 Å². The van der Waals surface area contributed by atoms with Gasteiger partial charge in [-0.1, -0.05) is 41.9 Å². The van der Waals surface area contributed by atoms with Gasteiger partial charge >= 0.3 is 0 Å². The SMILES string of the molecule is Cc1nn(C)c(Cl)c1S(=O)(=O)NC(CO)c1ccccc1. The van der Waals surface area contributed by atoms with Crippen molar-refractivity contribution < 1.29 is 13.5 Å². The number of rotatable bonds is 5. The van der Waals surface area contributed by atoms with Crippen molar-refractivity contribution in [3.63, 3.8) is 0 Å². The van der Waals surface area contributed by atoms with E-state index in [1.807, 2.05) is 6.07 Å². The average Bonchev–Trinajstić information content (AvgIpc) is 2.71. The van der Waals surface area contributed by atoms with Crippen molar-refractivity contribution in [2.24, 2.45) is 7.05 Å². The number of nitrogens with zero attached hydrogens (tertiary/aromatic N) is 2. The molecule has 0 saturated heterocycles. The molecular formula is C13H16ClN3O3S. The highest BCUT2D eigenvalue weighted by Crippen LogP contribution is 2.25. The second kappa shape index (κ2) is 6.15. The van der Waals surface area contributed by atoms with Crippen LogP contribution in [-0.2, 0) is 17.1 Å². The van der Waals surface area contributed by atoms with Crippen molar-refractivity contribution in [1.29, 1.82) is 0 Å². The lowest BCUT2D eigenvalue weighted by Gasteiger charge is -2.16. The molecule has 0 saturated carbocycles. The maximum absolute atomic E-state index is 12.5. The number of hydrogen-bond donors (Lipinski definition) is 2. The molecule has 6 nitrogen and oxygen atoms in total. The van der Waals surface area contributed by atoms with Crippen molar-refractivity contribution in [3.05, 3.63) is 46.7 Å². The molecule has 2 rings (SSSR count). The van der Waals surface area contributed by atoms with E-state index in [9.17, 15) is 13.5 Å². The van der Waals surface area contributed by atoms with Gasteiger partial charge in [-0.25, -0.2) is 13.1 Å². The van der Waals surface area contributed by atoms with E-state index in [1.54, 1.807) is 38.2 Å². The van der Waals surface area contributed by atoms with Crippen molar-refractivity contribution in [2.75, 3.05) is 6.61 Å². The summed E-state index contributed by atoms with van der Waals surface area (Å²) in [6.45, 7) is 1.21. The fourth-order valence-corrected chi connectivity index (χ4v) is 4.02. The fraction of sp³-hybridized carbons (Fsp3) is 0.308. The third-order valence-corrected chi connectivity index (χ3v) is 5.22. The lowest BCUT2D eigenvalue weighted by atomic mass is 10.1. The quantitative estimate of drug-likeness (QED) is 0.868. The molecule has 2 aromatic rings. The Balaban J connectivity index is 2.36. The zero-order valence-electron chi connectivity index (χ0n) is 11.6. The van der Waals surface area contributed by atoms with Crippen LogP contribution in [0.5, 0.6) is 0 Å². The molecule has 1 aromatic carbocycles. The first-order valence-electron chi connectivity index (χ1n) is 6.24. The highest BCUT2D eigenvalue weighted by atomic mass is 35.5. The number of aliphatic hydroxyl groups excluding tert-OH is 1. The third kappa shape index (κ3) is 3.26. The largest absolute Gasteiger partial charge is 0.394 e. The van der Waals surface area contributed by atoms with Crippen LogP contribution < -0.4 is 4.72 Å². The standard InChI is InChI=1S/C13H16ClN3O3S/c1-9-12(13(14)17(2)15-9)21(19,20)16-11(8-18)10-6-4-3-5-7-10/h3-7,11,16,18H,8H2,1-2H3. The lowest BCUT2D eigenvalue weighted by Crippen LogP contribution is -2.31. The van der Waals surface area contributed by atoms with Gasteiger partial charge in [0, 0.05) is 7.05 Å². The molecule has 1 heterocycles. The summed E-state index contributed by atoms with van der Waals surface area (Å²) in [6.07, 6.45) is 0. The summed E-state index contributed by atoms with van der Waals surface area (Å²) < 4.78 is 28.7. The van der Waals surface area contributed by atoms with Gasteiger partial charge in [-0.15, -0.1) is 0 Å². The molecule has 1 unspecified atom stereocenters. The predicted molar refractivity (Wildman–Crippen MR) is 79.5 cm³/mol. The molecule has 0 radical (unpaired) electrons. The first-order chi connectivity index (χ1) is 9.86. The topological polar surface area (TPSA) is 84.2 Å². The summed E-state index contributed by atoms with van der Waals surface area (Å²) >= 11 is 5.99. The fourth-order valence-electron chi connectivity index (χ4n) is 2.06. The van der Waals surface area contributed by atoms with Crippen LogP contribution in [-0.4, -0.2) is 29.9 Å². The van der Waals surface area contributed by atoms with E-state index in [1.165, 1.54) is 4.68 Å². The van der Waals surface area contributed by atoms with Crippen LogP contribution in [0.2, 0.25) is 5.15 Å². The van der Waals surface area contributed by atoms with E-state index in [-0.39, 0.29) is 16.7 Å². The molecule has 2 N–H and O–H groups in total. The minimum Gasteiger partial charge on any atom is -0.394 e. The van der Waals surface area contributed by atoms with Gasteiger partial charge in [-0.2, -0.15) is 5.10 Å². The molecule has 0 amide bonds. The van der Waals surface area contributed by atoms with Crippen LogP contribution in [0.1, 0.15) is 17.3 Å². The highest BCUT2D eigenvalue weighted by Gasteiger charge is 2.28. The summed E-state index contributed by atoms with van der Waals surface area (Å²) in [4.78, 5) is -0.0685. The first-order valence-corrected chi connectivity index (χ1v) is 8.10. The number of aliphatic hydroxyl groups is 1. The average molecular weight is 330 g/mol. The van der Waals surface area contributed by atoms with E-state index in [4.69, 9.17) is 11.6 Å². The second-order valence-electron chi connectivity index (χ2n) is 4.60. The number of aromatic nitrogens is 2. The van der Waals surface area contributed by atoms with Crippen LogP contribution in [0.15, 0.2) is 35.2 Å². The summed E-state index contributed by atoms with van der Waals surface area (Å²) in [7, 11) is -2.32. The third-order valence-electron chi connectivity index (χ3n) is 3.05. The van der Waals surface area contributed by atoms with Crippen molar-refractivity contribution in [1.82, 2.24) is 14.5 Å². The number of hydrogen-bond acceptors (Lipinski definition) is 4. The van der Waals surface area contributed by atoms with Crippen LogP contribution in [0.4, 0.5) is 0 Å². The Hall–Kier alpha value is -1.41. The van der Waals surface area contributed by atoms with Crippen molar-refractivity contribution >= 4 is 21.6 Å². The lowest BCUT2D eigenvalue weighted by molar-refractivity contribution is 0.259. The summed E-state index contributed by atoms with van der Waals surface area (Å²) in [5.41, 5.74) is 0.973. The van der Waals surface area contributed by atoms with E-state index in [2.05, 4.69) is 9.82 Å². The second-order valence-corrected chi connectivity index (χ2v) is 6.60. The predicted octanol–water partition coefficient (Wildman–Crippen LogP) is 1.39. The van der Waals surface area contributed by atoms with Crippen LogP contribution in [0.25, 0.3) is 0 Å². The molecule has 8 heteroatoms. The zero-order chi connectivity index (χ0) is 15.6. The van der Waals surface area contributed by atoms with Gasteiger partial charge in [0.2, 0.25) is 10.0 Å². The zero-order valence-corrected chi connectivity index (χ0v) is 13.2. The highest BCUT2D eigenvalue weighted by molar-refractivity contribution is 7.89. The molecular weight excluding hydrogens is 314 g/mol. The minimum atomic E-state index is -3.89. The molecule has 0 aliphatic rings. The molecule has 0 aliphatic heterocycles. The molecule has 1 atom stereocenters. The number of benzene rings is 1. The van der Waals surface area contributed by atoms with Crippen molar-refractivity contribution in [2.45, 2.75) is 17.9 Å². The van der Waals surface area contributed by atoms with Crippen LogP contribution in [0.3, 0.4) is 0 Å². The summed E-state index contributed by atoms with van der Waals surface area (Å²) in [5.74, 6) is 0.